The largest absolute Gasteiger partial charge is 0.573 e. The van der Waals surface area contributed by atoms with Crippen molar-refractivity contribution >= 4 is 15.6 Å². The summed E-state index contributed by atoms with van der Waals surface area (Å²) in [5.41, 5.74) is 0.418. The van der Waals surface area contributed by atoms with Crippen LogP contribution in [-0.4, -0.2) is 45.1 Å². The fourth-order valence-corrected chi connectivity index (χ4v) is 4.14. The molecule has 0 aliphatic heterocycles. The quantitative estimate of drug-likeness (QED) is 0.358. The molecule has 184 valence electrons. The molecule has 0 amide bonds. The standard InChI is InChI=1S/C20H13F6N5O3S/c1-2-35(32,33)15-9-12(11-3-5-13(6-4-11)34-20(24,25)26)10-27-16(15)14-7-8-31-18(28-14)29-17(30-31)19(21,22)23/h3-10H,2H2,1H3. The molecule has 0 unspecified atom stereocenters. The van der Waals surface area contributed by atoms with Gasteiger partial charge in [-0.3, -0.25) is 4.98 Å². The van der Waals surface area contributed by atoms with E-state index >= 15 is 0 Å². The summed E-state index contributed by atoms with van der Waals surface area (Å²) in [7, 11) is -3.91. The van der Waals surface area contributed by atoms with Crippen molar-refractivity contribution in [3.05, 3.63) is 54.6 Å². The maximum atomic E-state index is 12.9. The Hall–Kier alpha value is -3.75. The molecule has 0 aliphatic carbocycles. The third-order valence-electron chi connectivity index (χ3n) is 4.69. The molecule has 0 fully saturated rings. The fourth-order valence-electron chi connectivity index (χ4n) is 3.07. The van der Waals surface area contributed by atoms with Crippen molar-refractivity contribution in [2.24, 2.45) is 0 Å². The van der Waals surface area contributed by atoms with Crippen LogP contribution in [0.25, 0.3) is 28.3 Å². The van der Waals surface area contributed by atoms with Gasteiger partial charge in [-0.15, -0.1) is 18.3 Å². The molecular formula is C20H13F6N5O3S. The average molecular weight is 517 g/mol. The summed E-state index contributed by atoms with van der Waals surface area (Å²) in [6.45, 7) is 1.39. The number of alkyl halides is 6. The topological polar surface area (TPSA) is 99.3 Å². The summed E-state index contributed by atoms with van der Waals surface area (Å²) >= 11 is 0. The Bertz CT molecular complexity index is 1500. The molecule has 4 rings (SSSR count). The number of hydrogen-bond acceptors (Lipinski definition) is 7. The SMILES string of the molecule is CCS(=O)(=O)c1cc(-c2ccc(OC(F)(F)F)cc2)cnc1-c1ccn2nc(C(F)(F)F)nc2n1. The second-order valence-electron chi connectivity index (χ2n) is 7.04. The van der Waals surface area contributed by atoms with Gasteiger partial charge in [0.2, 0.25) is 0 Å². The number of hydrogen-bond donors (Lipinski definition) is 0. The summed E-state index contributed by atoms with van der Waals surface area (Å²) in [4.78, 5) is 11.2. The second-order valence-corrected chi connectivity index (χ2v) is 9.28. The average Bonchev–Trinajstić information content (AvgIpc) is 3.22. The zero-order valence-electron chi connectivity index (χ0n) is 17.5. The maximum Gasteiger partial charge on any atom is 0.573 e. The Morgan fingerprint density at radius 1 is 0.971 bits per heavy atom. The lowest BCUT2D eigenvalue weighted by atomic mass is 10.1. The molecule has 0 spiro atoms. The van der Waals surface area contributed by atoms with E-state index in [-0.39, 0.29) is 27.6 Å². The normalized spacial score (nSPS) is 12.8. The van der Waals surface area contributed by atoms with Gasteiger partial charge in [-0.1, -0.05) is 19.1 Å². The zero-order chi connectivity index (χ0) is 25.6. The van der Waals surface area contributed by atoms with Crippen molar-refractivity contribution in [2.75, 3.05) is 5.75 Å². The smallest absolute Gasteiger partial charge is 0.406 e. The number of sulfone groups is 1. The summed E-state index contributed by atoms with van der Waals surface area (Å²) < 4.78 is 106. The van der Waals surface area contributed by atoms with Crippen molar-refractivity contribution in [2.45, 2.75) is 24.4 Å². The molecule has 0 bridgehead atoms. The van der Waals surface area contributed by atoms with Crippen LogP contribution in [0.3, 0.4) is 0 Å². The molecule has 0 N–H and O–H groups in total. The lowest BCUT2D eigenvalue weighted by Gasteiger charge is -2.12. The van der Waals surface area contributed by atoms with E-state index in [1.165, 1.54) is 37.4 Å². The summed E-state index contributed by atoms with van der Waals surface area (Å²) in [5.74, 6) is -2.61. The molecule has 3 heterocycles. The molecule has 0 atom stereocenters. The third kappa shape index (κ3) is 5.18. The highest BCUT2D eigenvalue weighted by atomic mass is 32.2. The fraction of sp³-hybridized carbons (Fsp3) is 0.200. The number of fused-ring (bicyclic) bond motifs is 1. The first-order chi connectivity index (χ1) is 16.3. The lowest BCUT2D eigenvalue weighted by molar-refractivity contribution is -0.274. The molecule has 4 aromatic rings. The van der Waals surface area contributed by atoms with Gasteiger partial charge in [0.05, 0.1) is 16.3 Å². The second kappa shape index (κ2) is 8.48. The van der Waals surface area contributed by atoms with Crippen LogP contribution >= 0.6 is 0 Å². The van der Waals surface area contributed by atoms with E-state index < -0.39 is 39.7 Å². The highest BCUT2D eigenvalue weighted by molar-refractivity contribution is 7.91. The molecule has 0 radical (unpaired) electrons. The van der Waals surface area contributed by atoms with E-state index in [1.54, 1.807) is 0 Å². The van der Waals surface area contributed by atoms with Crippen molar-refractivity contribution in [1.82, 2.24) is 24.6 Å². The van der Waals surface area contributed by atoms with E-state index in [2.05, 4.69) is 24.8 Å². The van der Waals surface area contributed by atoms with Crippen LogP contribution in [0.4, 0.5) is 26.3 Å². The molecule has 0 saturated carbocycles. The predicted octanol–water partition coefficient (Wildman–Crippen LogP) is 4.56. The summed E-state index contributed by atoms with van der Waals surface area (Å²) in [6.07, 6.45) is -7.27. The molecule has 8 nitrogen and oxygen atoms in total. The van der Waals surface area contributed by atoms with Crippen LogP contribution < -0.4 is 4.74 Å². The van der Waals surface area contributed by atoms with Crippen LogP contribution in [-0.2, 0) is 16.0 Å². The van der Waals surface area contributed by atoms with Gasteiger partial charge in [0.1, 0.15) is 11.4 Å². The van der Waals surface area contributed by atoms with Gasteiger partial charge in [-0.05, 0) is 29.8 Å². The minimum Gasteiger partial charge on any atom is -0.406 e. The van der Waals surface area contributed by atoms with Gasteiger partial charge in [-0.2, -0.15) is 18.2 Å². The molecule has 0 aliphatic rings. The minimum absolute atomic E-state index is 0.0638. The Labute approximate surface area is 193 Å². The van der Waals surface area contributed by atoms with E-state index in [4.69, 9.17) is 0 Å². The van der Waals surface area contributed by atoms with E-state index in [1.807, 2.05) is 0 Å². The van der Waals surface area contributed by atoms with E-state index in [9.17, 15) is 34.8 Å². The third-order valence-corrected chi connectivity index (χ3v) is 6.43. The maximum absolute atomic E-state index is 12.9. The Morgan fingerprint density at radius 2 is 1.66 bits per heavy atom. The van der Waals surface area contributed by atoms with Crippen molar-refractivity contribution < 1.29 is 39.5 Å². The number of pyridine rings is 1. The minimum atomic E-state index is -4.87. The molecule has 3 aromatic heterocycles. The van der Waals surface area contributed by atoms with E-state index in [0.717, 1.165) is 22.8 Å². The predicted molar refractivity (Wildman–Crippen MR) is 109 cm³/mol. The van der Waals surface area contributed by atoms with Crippen LogP contribution in [0.1, 0.15) is 12.7 Å². The summed E-state index contributed by atoms with van der Waals surface area (Å²) in [5, 5.41) is 3.29. The lowest BCUT2D eigenvalue weighted by Crippen LogP contribution is -2.16. The monoisotopic (exact) mass is 517 g/mol. The molecular weight excluding hydrogens is 504 g/mol. The first kappa shape index (κ1) is 24.4. The van der Waals surface area contributed by atoms with Crippen LogP contribution in [0.15, 0.2) is 53.7 Å². The van der Waals surface area contributed by atoms with Gasteiger partial charge < -0.3 is 4.74 Å². The number of nitrogens with zero attached hydrogens (tertiary/aromatic N) is 5. The highest BCUT2D eigenvalue weighted by Crippen LogP contribution is 2.32. The highest BCUT2D eigenvalue weighted by Gasteiger charge is 2.36. The van der Waals surface area contributed by atoms with Gasteiger partial charge in [0.25, 0.3) is 11.6 Å². The van der Waals surface area contributed by atoms with E-state index in [0.29, 0.717) is 5.56 Å². The first-order valence-corrected chi connectivity index (χ1v) is 11.3. The van der Waals surface area contributed by atoms with Gasteiger partial charge >= 0.3 is 12.5 Å². The number of ether oxygens (including phenoxy) is 1. The van der Waals surface area contributed by atoms with Crippen molar-refractivity contribution in [1.29, 1.82) is 0 Å². The number of rotatable bonds is 5. The molecule has 35 heavy (non-hydrogen) atoms. The molecule has 1 aromatic carbocycles. The number of halogens is 6. The Balaban J connectivity index is 1.79. The van der Waals surface area contributed by atoms with Crippen molar-refractivity contribution in [3.8, 4) is 28.3 Å². The van der Waals surface area contributed by atoms with Gasteiger partial charge in [0.15, 0.2) is 9.84 Å². The van der Waals surface area contributed by atoms with Crippen LogP contribution in [0.5, 0.6) is 5.75 Å². The first-order valence-electron chi connectivity index (χ1n) is 9.67. The zero-order valence-corrected chi connectivity index (χ0v) is 18.3. The number of aromatic nitrogens is 5. The Kier molecular flexibility index (Phi) is 5.91. The number of benzene rings is 1. The van der Waals surface area contributed by atoms with Crippen molar-refractivity contribution in [3.63, 3.8) is 0 Å². The molecule has 15 heteroatoms. The van der Waals surface area contributed by atoms with Crippen LogP contribution in [0.2, 0.25) is 0 Å². The van der Waals surface area contributed by atoms with Gasteiger partial charge in [-0.25, -0.2) is 17.9 Å². The summed E-state index contributed by atoms with van der Waals surface area (Å²) in [6, 6.07) is 7.20. The molecule has 0 saturated heterocycles. The Morgan fingerprint density at radius 3 is 2.26 bits per heavy atom. The van der Waals surface area contributed by atoms with Crippen LogP contribution in [0, 0.1) is 0 Å². The van der Waals surface area contributed by atoms with Gasteiger partial charge in [0, 0.05) is 18.0 Å².